The summed E-state index contributed by atoms with van der Waals surface area (Å²) in [6.07, 6.45) is -4.32. The average molecular weight is 307 g/mol. The molecule has 1 aromatic heterocycles. The third kappa shape index (κ3) is 2.78. The van der Waals surface area contributed by atoms with Crippen LogP contribution in [0.15, 0.2) is 48.5 Å². The zero-order chi connectivity index (χ0) is 15.0. The van der Waals surface area contributed by atoms with Crippen LogP contribution in [0, 0.1) is 0 Å². The minimum atomic E-state index is -4.32. The minimum Gasteiger partial charge on any atom is -0.241 e. The van der Waals surface area contributed by atoms with Gasteiger partial charge in [-0.05, 0) is 23.8 Å². The van der Waals surface area contributed by atoms with Gasteiger partial charge in [0.2, 0.25) is 0 Å². The number of halogens is 3. The summed E-state index contributed by atoms with van der Waals surface area (Å²) in [5.41, 5.74) is 0.896. The molecule has 0 fully saturated rings. The van der Waals surface area contributed by atoms with Crippen molar-refractivity contribution in [3.63, 3.8) is 0 Å². The molecule has 0 spiro atoms. The maximum absolute atomic E-state index is 12.8. The van der Waals surface area contributed by atoms with Crippen LogP contribution >= 0.6 is 11.3 Å². The highest BCUT2D eigenvalue weighted by Gasteiger charge is 2.31. The van der Waals surface area contributed by atoms with Crippen LogP contribution in [0.3, 0.4) is 0 Å². The number of thiazole rings is 1. The molecule has 0 bridgehead atoms. The van der Waals surface area contributed by atoms with Gasteiger partial charge in [0.25, 0.3) is 0 Å². The van der Waals surface area contributed by atoms with Gasteiger partial charge in [-0.25, -0.2) is 4.98 Å². The Morgan fingerprint density at radius 3 is 2.52 bits per heavy atom. The van der Waals surface area contributed by atoms with Crippen molar-refractivity contribution in [2.24, 2.45) is 0 Å². The van der Waals surface area contributed by atoms with Gasteiger partial charge in [-0.3, -0.25) is 0 Å². The number of fused-ring (bicyclic) bond motifs is 1. The molecule has 0 radical (unpaired) electrons. The van der Waals surface area contributed by atoms with Crippen LogP contribution in [0.25, 0.3) is 10.2 Å². The van der Waals surface area contributed by atoms with E-state index in [0.717, 1.165) is 21.3 Å². The first kappa shape index (κ1) is 14.1. The molecular weight excluding hydrogens is 295 g/mol. The van der Waals surface area contributed by atoms with E-state index in [1.807, 2.05) is 31.2 Å². The second-order valence-corrected chi connectivity index (χ2v) is 5.93. The van der Waals surface area contributed by atoms with Crippen LogP contribution in [0.5, 0.6) is 0 Å². The minimum absolute atomic E-state index is 0.162. The number of para-hydroxylation sites is 1. The van der Waals surface area contributed by atoms with Crippen LogP contribution in [-0.4, -0.2) is 4.98 Å². The molecule has 2 aromatic carbocycles. The van der Waals surface area contributed by atoms with Crippen molar-refractivity contribution < 1.29 is 13.2 Å². The fourth-order valence-electron chi connectivity index (χ4n) is 2.20. The third-order valence-corrected chi connectivity index (χ3v) is 4.61. The maximum atomic E-state index is 12.8. The lowest BCUT2D eigenvalue weighted by Crippen LogP contribution is -2.06. The normalized spacial score (nSPS) is 13.5. The van der Waals surface area contributed by atoms with Gasteiger partial charge in [-0.1, -0.05) is 37.3 Å². The molecule has 1 unspecified atom stereocenters. The van der Waals surface area contributed by atoms with Crippen molar-refractivity contribution in [1.29, 1.82) is 0 Å². The van der Waals surface area contributed by atoms with Crippen molar-refractivity contribution in [3.05, 3.63) is 64.7 Å². The quantitative estimate of drug-likeness (QED) is 0.612. The molecule has 0 N–H and O–H groups in total. The van der Waals surface area contributed by atoms with Crippen molar-refractivity contribution >= 4 is 21.6 Å². The molecular formula is C16H12F3NS. The van der Waals surface area contributed by atoms with Crippen molar-refractivity contribution in [1.82, 2.24) is 4.98 Å². The molecule has 0 aliphatic rings. The SMILES string of the molecule is CC(c1cccc(C(F)(F)F)c1)c1nc2ccccc2s1. The van der Waals surface area contributed by atoms with Crippen LogP contribution in [-0.2, 0) is 6.18 Å². The average Bonchev–Trinajstić information content (AvgIpc) is 2.89. The Kier molecular flexibility index (Phi) is 3.45. The zero-order valence-corrected chi connectivity index (χ0v) is 12.0. The lowest BCUT2D eigenvalue weighted by Gasteiger charge is -2.12. The first-order chi connectivity index (χ1) is 9.95. The largest absolute Gasteiger partial charge is 0.416 e. The lowest BCUT2D eigenvalue weighted by atomic mass is 9.99. The van der Waals surface area contributed by atoms with Crippen molar-refractivity contribution in [2.45, 2.75) is 19.0 Å². The maximum Gasteiger partial charge on any atom is 0.416 e. The van der Waals surface area contributed by atoms with Gasteiger partial charge >= 0.3 is 6.18 Å². The Bertz CT molecular complexity index is 743. The number of nitrogens with zero attached hydrogens (tertiary/aromatic N) is 1. The third-order valence-electron chi connectivity index (χ3n) is 3.39. The van der Waals surface area contributed by atoms with E-state index in [4.69, 9.17) is 0 Å². The number of hydrogen-bond donors (Lipinski definition) is 0. The number of hydrogen-bond acceptors (Lipinski definition) is 2. The number of aromatic nitrogens is 1. The Labute approximate surface area is 124 Å². The van der Waals surface area contributed by atoms with Crippen LogP contribution < -0.4 is 0 Å². The molecule has 21 heavy (non-hydrogen) atoms. The highest BCUT2D eigenvalue weighted by molar-refractivity contribution is 7.18. The van der Waals surface area contributed by atoms with Gasteiger partial charge in [0.15, 0.2) is 0 Å². The predicted octanol–water partition coefficient (Wildman–Crippen LogP) is 5.47. The first-order valence-electron chi connectivity index (χ1n) is 6.48. The molecule has 1 nitrogen and oxygen atoms in total. The predicted molar refractivity (Wildman–Crippen MR) is 78.6 cm³/mol. The van der Waals surface area contributed by atoms with Crippen LogP contribution in [0.4, 0.5) is 13.2 Å². The van der Waals surface area contributed by atoms with E-state index in [9.17, 15) is 13.2 Å². The van der Waals surface area contributed by atoms with Crippen molar-refractivity contribution in [2.75, 3.05) is 0 Å². The molecule has 0 aliphatic heterocycles. The molecule has 0 saturated heterocycles. The standard InChI is InChI=1S/C16H12F3NS/c1-10(11-5-4-6-12(9-11)16(17,18)19)15-20-13-7-2-3-8-14(13)21-15/h2-10H,1H3. The molecule has 0 amide bonds. The summed E-state index contributed by atoms with van der Waals surface area (Å²) >= 11 is 1.52. The Morgan fingerprint density at radius 1 is 1.05 bits per heavy atom. The molecule has 1 heterocycles. The number of alkyl halides is 3. The van der Waals surface area contributed by atoms with Gasteiger partial charge < -0.3 is 0 Å². The summed E-state index contributed by atoms with van der Waals surface area (Å²) < 4.78 is 39.4. The molecule has 3 rings (SSSR count). The van der Waals surface area contributed by atoms with E-state index >= 15 is 0 Å². The second-order valence-electron chi connectivity index (χ2n) is 4.86. The van der Waals surface area contributed by atoms with Gasteiger partial charge in [0.1, 0.15) is 5.01 Å². The highest BCUT2D eigenvalue weighted by atomic mass is 32.1. The van der Waals surface area contributed by atoms with Crippen molar-refractivity contribution in [3.8, 4) is 0 Å². The van der Waals surface area contributed by atoms with Gasteiger partial charge in [-0.15, -0.1) is 11.3 Å². The summed E-state index contributed by atoms with van der Waals surface area (Å²) in [6, 6.07) is 13.2. The highest BCUT2D eigenvalue weighted by Crippen LogP contribution is 2.35. The summed E-state index contributed by atoms with van der Waals surface area (Å²) in [6.45, 7) is 1.88. The van der Waals surface area contributed by atoms with Crippen LogP contribution in [0.1, 0.15) is 29.0 Å². The Morgan fingerprint density at radius 2 is 1.81 bits per heavy atom. The zero-order valence-electron chi connectivity index (χ0n) is 11.2. The van der Waals surface area contributed by atoms with E-state index in [1.54, 1.807) is 6.07 Å². The van der Waals surface area contributed by atoms with Gasteiger partial charge in [-0.2, -0.15) is 13.2 Å². The molecule has 108 valence electrons. The van der Waals surface area contributed by atoms with E-state index in [1.165, 1.54) is 23.5 Å². The Balaban J connectivity index is 1.99. The lowest BCUT2D eigenvalue weighted by molar-refractivity contribution is -0.137. The topological polar surface area (TPSA) is 12.9 Å². The summed E-state index contributed by atoms with van der Waals surface area (Å²) in [5, 5.41) is 0.829. The van der Waals surface area contributed by atoms with E-state index in [-0.39, 0.29) is 5.92 Å². The summed E-state index contributed by atoms with van der Waals surface area (Å²) in [5.74, 6) is -0.162. The molecule has 3 aromatic rings. The fraction of sp³-hybridized carbons (Fsp3) is 0.188. The number of benzene rings is 2. The van der Waals surface area contributed by atoms with E-state index in [0.29, 0.717) is 5.56 Å². The summed E-state index contributed by atoms with van der Waals surface area (Å²) in [4.78, 5) is 4.52. The second kappa shape index (κ2) is 5.15. The van der Waals surface area contributed by atoms with E-state index in [2.05, 4.69) is 4.98 Å². The van der Waals surface area contributed by atoms with Crippen LogP contribution in [0.2, 0.25) is 0 Å². The molecule has 0 saturated carbocycles. The van der Waals surface area contributed by atoms with Gasteiger partial charge in [0.05, 0.1) is 15.8 Å². The monoisotopic (exact) mass is 307 g/mol. The Hall–Kier alpha value is -1.88. The molecule has 5 heteroatoms. The molecule has 0 aliphatic carbocycles. The number of rotatable bonds is 2. The first-order valence-corrected chi connectivity index (χ1v) is 7.29. The smallest absolute Gasteiger partial charge is 0.241 e. The van der Waals surface area contributed by atoms with E-state index < -0.39 is 11.7 Å². The van der Waals surface area contributed by atoms with Gasteiger partial charge in [0, 0.05) is 5.92 Å². The fourth-order valence-corrected chi connectivity index (χ4v) is 3.25. The summed E-state index contributed by atoms with van der Waals surface area (Å²) in [7, 11) is 0. The molecule has 1 atom stereocenters.